The second-order valence-electron chi connectivity index (χ2n) is 8.82. The molecule has 0 spiro atoms. The molecule has 0 fully saturated rings. The van der Waals surface area contributed by atoms with Crippen molar-refractivity contribution in [3.63, 3.8) is 0 Å². The quantitative estimate of drug-likeness (QED) is 0.175. The van der Waals surface area contributed by atoms with Crippen molar-refractivity contribution in [2.75, 3.05) is 24.9 Å². The van der Waals surface area contributed by atoms with Crippen LogP contribution in [0.5, 0.6) is 23.1 Å². The van der Waals surface area contributed by atoms with Gasteiger partial charge in [-0.05, 0) is 32.0 Å². The molecule has 42 heavy (non-hydrogen) atoms. The monoisotopic (exact) mass is 615 g/mol. The number of halogens is 3. The molecular formula is C24H25F3N5O9P. The van der Waals surface area contributed by atoms with Crippen molar-refractivity contribution < 1.29 is 55.9 Å². The fourth-order valence-electron chi connectivity index (χ4n) is 3.24. The summed E-state index contributed by atoms with van der Waals surface area (Å²) in [7, 11) is -1.62. The van der Waals surface area contributed by atoms with E-state index in [0.717, 1.165) is 19.9 Å². The fourth-order valence-corrected chi connectivity index (χ4v) is 3.24. The lowest BCUT2D eigenvalue weighted by Crippen LogP contribution is -2.35. The van der Waals surface area contributed by atoms with Crippen LogP contribution in [0.25, 0.3) is 10.9 Å². The molecule has 4 aromatic rings. The molecule has 0 aliphatic rings. The molecule has 4 rings (SSSR count). The highest BCUT2D eigenvalue weighted by molar-refractivity contribution is 7.45. The minimum Gasteiger partial charge on any atom is -0.493 e. The van der Waals surface area contributed by atoms with Crippen molar-refractivity contribution >= 4 is 36.3 Å². The van der Waals surface area contributed by atoms with E-state index >= 15 is 0 Å². The molecule has 2 aromatic heterocycles. The van der Waals surface area contributed by atoms with Crippen LogP contribution >= 0.6 is 7.82 Å². The smallest absolute Gasteiger partial charge is 0.466 e. The molecule has 0 unspecified atom stereocenters. The van der Waals surface area contributed by atoms with E-state index in [-0.39, 0.29) is 11.7 Å². The van der Waals surface area contributed by atoms with Crippen molar-refractivity contribution in [1.29, 1.82) is 0 Å². The molecule has 0 aliphatic carbocycles. The second kappa shape index (κ2) is 12.6. The number of phosphoric acid groups is 1. The zero-order valence-corrected chi connectivity index (χ0v) is 23.2. The normalized spacial score (nSPS) is 11.8. The maximum atomic E-state index is 13.2. The second-order valence-corrected chi connectivity index (χ2v) is 9.85. The van der Waals surface area contributed by atoms with Gasteiger partial charge in [0.2, 0.25) is 5.88 Å². The Morgan fingerprint density at radius 2 is 1.62 bits per heavy atom. The first-order valence-corrected chi connectivity index (χ1v) is 13.1. The van der Waals surface area contributed by atoms with Gasteiger partial charge in [-0.3, -0.25) is 5.32 Å². The summed E-state index contributed by atoms with van der Waals surface area (Å²) in [5.41, 5.74) is -1.37. The number of aromatic nitrogens is 3. The number of nitrogens with one attached hydrogen (secondary N) is 2. The van der Waals surface area contributed by atoms with Gasteiger partial charge in [-0.1, -0.05) is 11.2 Å². The molecule has 0 atom stereocenters. The van der Waals surface area contributed by atoms with Crippen LogP contribution in [0.4, 0.5) is 29.5 Å². The molecule has 226 valence electrons. The van der Waals surface area contributed by atoms with E-state index in [0.29, 0.717) is 33.8 Å². The van der Waals surface area contributed by atoms with Gasteiger partial charge in [0.1, 0.15) is 17.5 Å². The topological polar surface area (TPSA) is 198 Å². The average molecular weight is 615 g/mol. The van der Waals surface area contributed by atoms with Crippen LogP contribution in [0.3, 0.4) is 0 Å². The Hall–Kier alpha value is -4.44. The number of carbonyl (C=O) groups excluding carboxylic acids is 1. The summed E-state index contributed by atoms with van der Waals surface area (Å²) < 4.78 is 69.9. The Kier molecular flexibility index (Phi) is 9.63. The molecule has 0 saturated carbocycles. The Labute approximate surface area is 235 Å². The van der Waals surface area contributed by atoms with Crippen LogP contribution in [0.1, 0.15) is 19.6 Å². The fraction of sp³-hybridized carbons (Fsp3) is 0.250. The van der Waals surface area contributed by atoms with Crippen LogP contribution in [-0.2, 0) is 9.98 Å². The molecule has 0 radical (unpaired) electrons. The predicted octanol–water partition coefficient (Wildman–Crippen LogP) is 4.98. The first-order valence-electron chi connectivity index (χ1n) is 11.6. The average Bonchev–Trinajstić information content (AvgIpc) is 3.35. The summed E-state index contributed by atoms with van der Waals surface area (Å²) in [5.74, 6) is 0.957. The summed E-state index contributed by atoms with van der Waals surface area (Å²) in [5, 5.41) is 8.97. The highest BCUT2D eigenvalue weighted by Gasteiger charge is 2.51. The number of anilines is 2. The lowest BCUT2D eigenvalue weighted by Gasteiger charge is -2.24. The van der Waals surface area contributed by atoms with Crippen molar-refractivity contribution in [3.05, 3.63) is 54.6 Å². The van der Waals surface area contributed by atoms with Gasteiger partial charge in [0.25, 0.3) is 0 Å². The molecule has 5 N–H and O–H groups in total. The summed E-state index contributed by atoms with van der Waals surface area (Å²) in [6.45, 7) is 1.91. The van der Waals surface area contributed by atoms with Crippen LogP contribution < -0.4 is 24.8 Å². The Morgan fingerprint density at radius 1 is 0.976 bits per heavy atom. The minimum absolute atomic E-state index is 0.172. The van der Waals surface area contributed by atoms with Crippen LogP contribution in [-0.4, -0.2) is 56.2 Å². The third-order valence-electron chi connectivity index (χ3n) is 5.49. The van der Waals surface area contributed by atoms with Crippen LogP contribution in [0.2, 0.25) is 0 Å². The number of hydrogen-bond donors (Lipinski definition) is 5. The maximum Gasteiger partial charge on any atom is 0.466 e. The summed E-state index contributed by atoms with van der Waals surface area (Å²) in [6.07, 6.45) is -3.22. The number of carbonyl (C=O) groups is 1. The standard InChI is InChI=1S/C24H22F3N5O5.H3O4P/c1-23(2,24(25,26)27)19-11-20(32-37-19)31-22(33)30-13-6-5-7-14(8-13)36-21-15-9-17(34-3)18(35-4)10-16(15)28-12-29-21;1-5(2,3)4/h5-12H,1-4H3,(H2,30,31,32,33);(H3,1,2,3,4). The van der Waals surface area contributed by atoms with Gasteiger partial charge >= 0.3 is 20.0 Å². The molecule has 2 heterocycles. The van der Waals surface area contributed by atoms with E-state index in [4.69, 9.17) is 38.0 Å². The highest BCUT2D eigenvalue weighted by atomic mass is 31.2. The SMILES string of the molecule is COc1cc2ncnc(Oc3cccc(NC(=O)Nc4cc(C(C)(C)C(F)(F)F)on4)c3)c2cc1OC.O=P(O)(O)O. The Morgan fingerprint density at radius 3 is 2.24 bits per heavy atom. The molecule has 0 aliphatic heterocycles. The van der Waals surface area contributed by atoms with Crippen LogP contribution in [0, 0.1) is 0 Å². The number of methoxy groups -OCH3 is 2. The van der Waals surface area contributed by atoms with E-state index in [2.05, 4.69) is 25.8 Å². The van der Waals surface area contributed by atoms with Gasteiger partial charge in [0, 0.05) is 23.9 Å². The number of hydrogen-bond acceptors (Lipinski definition) is 9. The number of urea groups is 1. The van der Waals surface area contributed by atoms with E-state index in [1.54, 1.807) is 30.3 Å². The molecule has 18 heteroatoms. The summed E-state index contributed by atoms with van der Waals surface area (Å²) in [6, 6.07) is 10.1. The molecule has 0 saturated heterocycles. The first-order chi connectivity index (χ1) is 19.5. The predicted molar refractivity (Wildman–Crippen MR) is 142 cm³/mol. The number of alkyl halides is 3. The van der Waals surface area contributed by atoms with Gasteiger partial charge < -0.3 is 38.7 Å². The number of benzene rings is 2. The van der Waals surface area contributed by atoms with E-state index in [1.165, 1.54) is 26.6 Å². The molecular weight excluding hydrogens is 590 g/mol. The van der Waals surface area contributed by atoms with Gasteiger partial charge in [0.15, 0.2) is 23.1 Å². The van der Waals surface area contributed by atoms with Gasteiger partial charge in [-0.15, -0.1) is 0 Å². The summed E-state index contributed by atoms with van der Waals surface area (Å²) >= 11 is 0. The van der Waals surface area contributed by atoms with Gasteiger partial charge in [-0.2, -0.15) is 13.2 Å². The number of fused-ring (bicyclic) bond motifs is 1. The lowest BCUT2D eigenvalue weighted by atomic mass is 9.89. The zero-order chi connectivity index (χ0) is 31.3. The Bertz CT molecular complexity index is 1600. The number of amides is 2. The summed E-state index contributed by atoms with van der Waals surface area (Å²) in [4.78, 5) is 42.4. The van der Waals surface area contributed by atoms with E-state index in [9.17, 15) is 18.0 Å². The van der Waals surface area contributed by atoms with E-state index < -0.39 is 31.2 Å². The molecule has 14 nitrogen and oxygen atoms in total. The third kappa shape index (κ3) is 8.29. The number of nitrogens with zero attached hydrogens (tertiary/aromatic N) is 3. The Balaban J connectivity index is 0.000000892. The molecule has 2 aromatic carbocycles. The van der Waals surface area contributed by atoms with Gasteiger partial charge in [-0.25, -0.2) is 19.3 Å². The minimum atomic E-state index is -4.64. The number of ether oxygens (including phenoxy) is 3. The maximum absolute atomic E-state index is 13.2. The first kappa shape index (κ1) is 32.1. The zero-order valence-electron chi connectivity index (χ0n) is 22.3. The molecule has 2 amide bonds. The van der Waals surface area contributed by atoms with Crippen molar-refractivity contribution in [3.8, 4) is 23.1 Å². The third-order valence-corrected chi connectivity index (χ3v) is 5.49. The van der Waals surface area contributed by atoms with Gasteiger partial charge in [0.05, 0.1) is 25.1 Å². The lowest BCUT2D eigenvalue weighted by molar-refractivity contribution is -0.185. The van der Waals surface area contributed by atoms with Crippen molar-refractivity contribution in [2.24, 2.45) is 0 Å². The number of rotatable bonds is 7. The highest BCUT2D eigenvalue weighted by Crippen LogP contribution is 2.41. The molecule has 0 bridgehead atoms. The van der Waals surface area contributed by atoms with E-state index in [1.807, 2.05) is 0 Å². The van der Waals surface area contributed by atoms with Crippen molar-refractivity contribution in [1.82, 2.24) is 15.1 Å². The largest absolute Gasteiger partial charge is 0.493 e. The van der Waals surface area contributed by atoms with Crippen LogP contribution in [0.15, 0.2) is 53.3 Å². The van der Waals surface area contributed by atoms with Crippen molar-refractivity contribution in [2.45, 2.75) is 25.4 Å².